The highest BCUT2D eigenvalue weighted by Gasteiger charge is 2.16. The minimum absolute atomic E-state index is 0.340. The Bertz CT molecular complexity index is 846. The number of carbonyl (C=O) groups is 1. The van der Waals surface area contributed by atoms with Crippen LogP contribution in [0.15, 0.2) is 41.5 Å². The third-order valence-electron chi connectivity index (χ3n) is 4.37. The predicted octanol–water partition coefficient (Wildman–Crippen LogP) is 4.05. The number of carbonyl (C=O) groups excluding carboxylic acids is 1. The number of nitrogens with one attached hydrogen (secondary N) is 1. The van der Waals surface area contributed by atoms with Crippen molar-refractivity contribution >= 4 is 12.1 Å². The lowest BCUT2D eigenvalue weighted by molar-refractivity contribution is -0.127. The molecular formula is C22H28N2O4. The number of nitrogens with zero attached hydrogens (tertiary/aromatic N) is 1. The van der Waals surface area contributed by atoms with E-state index >= 15 is 0 Å². The van der Waals surface area contributed by atoms with E-state index in [1.54, 1.807) is 39.3 Å². The van der Waals surface area contributed by atoms with Crippen LogP contribution in [0.1, 0.15) is 43.4 Å². The zero-order chi connectivity index (χ0) is 20.7. The van der Waals surface area contributed by atoms with E-state index in [-0.39, 0.29) is 5.91 Å². The third kappa shape index (κ3) is 5.49. The molecule has 2 aromatic rings. The standard InChI is InChI=1S/C22H28N2O4/c1-14(2)17-8-7-15(3)21(12-17)28-16(4)22(25)24-23-13-18-11-19(26-5)9-10-20(18)27-6/h7-14,16H,1-6H3,(H,24,25)/b23-13+/t16-/m1/s1. The lowest BCUT2D eigenvalue weighted by Crippen LogP contribution is -2.33. The Balaban J connectivity index is 2.03. The molecule has 0 saturated carbocycles. The Morgan fingerprint density at radius 1 is 1.04 bits per heavy atom. The average Bonchev–Trinajstić information content (AvgIpc) is 2.69. The summed E-state index contributed by atoms with van der Waals surface area (Å²) in [5, 5.41) is 4.02. The number of hydrazone groups is 1. The van der Waals surface area contributed by atoms with Gasteiger partial charge in [-0.15, -0.1) is 0 Å². The van der Waals surface area contributed by atoms with Crippen molar-refractivity contribution < 1.29 is 19.0 Å². The third-order valence-corrected chi connectivity index (χ3v) is 4.37. The van der Waals surface area contributed by atoms with Crippen LogP contribution in [0.4, 0.5) is 0 Å². The van der Waals surface area contributed by atoms with E-state index in [1.165, 1.54) is 6.21 Å². The van der Waals surface area contributed by atoms with E-state index in [9.17, 15) is 4.79 Å². The normalized spacial score (nSPS) is 12.1. The highest BCUT2D eigenvalue weighted by molar-refractivity contribution is 5.86. The number of amides is 1. The number of ether oxygens (including phenoxy) is 3. The molecule has 0 bridgehead atoms. The lowest BCUT2D eigenvalue weighted by Gasteiger charge is -2.17. The zero-order valence-electron chi connectivity index (χ0n) is 17.3. The van der Waals surface area contributed by atoms with Gasteiger partial charge in [0.1, 0.15) is 17.2 Å². The van der Waals surface area contributed by atoms with Gasteiger partial charge in [-0.2, -0.15) is 5.10 Å². The molecule has 1 atom stereocenters. The van der Waals surface area contributed by atoms with Crippen molar-refractivity contribution in [2.24, 2.45) is 5.10 Å². The molecule has 1 N–H and O–H groups in total. The first-order valence-corrected chi connectivity index (χ1v) is 9.17. The molecule has 28 heavy (non-hydrogen) atoms. The molecule has 0 aromatic heterocycles. The minimum atomic E-state index is -0.689. The second-order valence-corrected chi connectivity index (χ2v) is 6.78. The van der Waals surface area contributed by atoms with Gasteiger partial charge in [0.2, 0.25) is 0 Å². The molecule has 0 unspecified atom stereocenters. The fraction of sp³-hybridized carbons (Fsp3) is 0.364. The van der Waals surface area contributed by atoms with Crippen LogP contribution in [-0.2, 0) is 4.79 Å². The Kier molecular flexibility index (Phi) is 7.44. The summed E-state index contributed by atoms with van der Waals surface area (Å²) in [6.45, 7) is 7.88. The van der Waals surface area contributed by atoms with Gasteiger partial charge in [0.05, 0.1) is 20.4 Å². The van der Waals surface area contributed by atoms with Gasteiger partial charge in [-0.3, -0.25) is 4.79 Å². The fourth-order valence-corrected chi connectivity index (χ4v) is 2.54. The molecular weight excluding hydrogens is 356 g/mol. The second-order valence-electron chi connectivity index (χ2n) is 6.78. The van der Waals surface area contributed by atoms with Crippen LogP contribution in [0, 0.1) is 6.92 Å². The quantitative estimate of drug-likeness (QED) is 0.551. The molecule has 2 aromatic carbocycles. The molecule has 1 amide bonds. The molecule has 0 heterocycles. The Labute approximate surface area is 166 Å². The van der Waals surface area contributed by atoms with Gasteiger partial charge < -0.3 is 14.2 Å². The summed E-state index contributed by atoms with van der Waals surface area (Å²) in [4.78, 5) is 12.3. The summed E-state index contributed by atoms with van der Waals surface area (Å²) in [7, 11) is 3.15. The van der Waals surface area contributed by atoms with E-state index in [2.05, 4.69) is 30.4 Å². The number of hydrogen-bond acceptors (Lipinski definition) is 5. The summed E-state index contributed by atoms with van der Waals surface area (Å²) < 4.78 is 16.3. The van der Waals surface area contributed by atoms with Crippen molar-refractivity contribution in [1.29, 1.82) is 0 Å². The predicted molar refractivity (Wildman–Crippen MR) is 111 cm³/mol. The number of aryl methyl sites for hydroxylation is 1. The van der Waals surface area contributed by atoms with E-state index in [0.29, 0.717) is 28.7 Å². The summed E-state index contributed by atoms with van der Waals surface area (Å²) in [6.07, 6.45) is 0.821. The van der Waals surface area contributed by atoms with Gasteiger partial charge >= 0.3 is 0 Å². The number of rotatable bonds is 8. The smallest absolute Gasteiger partial charge is 0.280 e. The molecule has 0 radical (unpaired) electrons. The molecule has 6 nitrogen and oxygen atoms in total. The van der Waals surface area contributed by atoms with Crippen LogP contribution < -0.4 is 19.6 Å². The van der Waals surface area contributed by atoms with Crippen LogP contribution in [-0.4, -0.2) is 32.4 Å². The monoisotopic (exact) mass is 384 g/mol. The van der Waals surface area contributed by atoms with Crippen LogP contribution in [0.2, 0.25) is 0 Å². The van der Waals surface area contributed by atoms with Gasteiger partial charge in [-0.25, -0.2) is 5.43 Å². The van der Waals surface area contributed by atoms with Gasteiger partial charge in [-0.1, -0.05) is 26.0 Å². The Hall–Kier alpha value is -3.02. The minimum Gasteiger partial charge on any atom is -0.497 e. The van der Waals surface area contributed by atoms with Crippen molar-refractivity contribution in [1.82, 2.24) is 5.43 Å². The first-order chi connectivity index (χ1) is 13.3. The van der Waals surface area contributed by atoms with Gasteiger partial charge in [-0.05, 0) is 55.2 Å². The average molecular weight is 384 g/mol. The number of benzene rings is 2. The van der Waals surface area contributed by atoms with E-state index in [0.717, 1.165) is 11.1 Å². The largest absolute Gasteiger partial charge is 0.497 e. The van der Waals surface area contributed by atoms with Crippen LogP contribution in [0.3, 0.4) is 0 Å². The highest BCUT2D eigenvalue weighted by Crippen LogP contribution is 2.25. The SMILES string of the molecule is COc1ccc(OC)c(/C=N/NC(=O)[C@@H](C)Oc2cc(C(C)C)ccc2C)c1. The molecule has 0 saturated heterocycles. The van der Waals surface area contributed by atoms with Crippen LogP contribution in [0.5, 0.6) is 17.2 Å². The molecule has 0 aliphatic carbocycles. The maximum absolute atomic E-state index is 12.3. The molecule has 0 spiro atoms. The van der Waals surface area contributed by atoms with Crippen LogP contribution in [0.25, 0.3) is 0 Å². The lowest BCUT2D eigenvalue weighted by atomic mass is 10.0. The van der Waals surface area contributed by atoms with Crippen molar-refractivity contribution in [3.8, 4) is 17.2 Å². The van der Waals surface area contributed by atoms with Crippen molar-refractivity contribution in [2.45, 2.75) is 39.7 Å². The first-order valence-electron chi connectivity index (χ1n) is 9.17. The van der Waals surface area contributed by atoms with Crippen molar-refractivity contribution in [3.63, 3.8) is 0 Å². The summed E-state index contributed by atoms with van der Waals surface area (Å²) in [5.74, 6) is 2.05. The maximum Gasteiger partial charge on any atom is 0.280 e. The molecule has 0 aliphatic rings. The van der Waals surface area contributed by atoms with Gasteiger partial charge in [0.25, 0.3) is 5.91 Å². The Morgan fingerprint density at radius 3 is 2.43 bits per heavy atom. The highest BCUT2D eigenvalue weighted by atomic mass is 16.5. The fourth-order valence-electron chi connectivity index (χ4n) is 2.54. The molecule has 6 heteroatoms. The van der Waals surface area contributed by atoms with E-state index in [4.69, 9.17) is 14.2 Å². The summed E-state index contributed by atoms with van der Waals surface area (Å²) >= 11 is 0. The van der Waals surface area contributed by atoms with Gasteiger partial charge in [0, 0.05) is 5.56 Å². The zero-order valence-corrected chi connectivity index (χ0v) is 17.3. The molecule has 150 valence electrons. The second kappa shape index (κ2) is 9.78. The molecule has 0 aliphatic heterocycles. The topological polar surface area (TPSA) is 69.2 Å². The number of hydrogen-bond donors (Lipinski definition) is 1. The molecule has 2 rings (SSSR count). The maximum atomic E-state index is 12.3. The van der Waals surface area contributed by atoms with E-state index < -0.39 is 6.10 Å². The Morgan fingerprint density at radius 2 is 1.79 bits per heavy atom. The van der Waals surface area contributed by atoms with E-state index in [1.807, 2.05) is 19.1 Å². The molecule has 0 fully saturated rings. The number of methoxy groups -OCH3 is 2. The van der Waals surface area contributed by atoms with Crippen molar-refractivity contribution in [2.75, 3.05) is 14.2 Å². The summed E-state index contributed by atoms with van der Waals surface area (Å²) in [6, 6.07) is 11.4. The van der Waals surface area contributed by atoms with Gasteiger partial charge in [0.15, 0.2) is 6.10 Å². The summed E-state index contributed by atoms with van der Waals surface area (Å²) in [5.41, 5.74) is 5.34. The first kappa shape index (κ1) is 21.3. The van der Waals surface area contributed by atoms with Crippen LogP contribution >= 0.6 is 0 Å². The van der Waals surface area contributed by atoms with Crippen molar-refractivity contribution in [3.05, 3.63) is 53.1 Å².